The van der Waals surface area contributed by atoms with Crippen LogP contribution in [0, 0.1) is 5.92 Å². The molecule has 22 heavy (non-hydrogen) atoms. The Bertz CT molecular complexity index is 578. The SMILES string of the molecule is CC(CCCc1cccc(Oc2ccccc2)c1)C(F)(F)F. The highest BCUT2D eigenvalue weighted by Crippen LogP contribution is 2.30. The van der Waals surface area contributed by atoms with Crippen LogP contribution in [0.2, 0.25) is 0 Å². The lowest BCUT2D eigenvalue weighted by Gasteiger charge is -2.15. The second-order valence-corrected chi connectivity index (χ2v) is 5.40. The molecule has 0 aliphatic carbocycles. The number of para-hydroxylation sites is 1. The van der Waals surface area contributed by atoms with Crippen LogP contribution < -0.4 is 4.74 Å². The van der Waals surface area contributed by atoms with Gasteiger partial charge in [-0.1, -0.05) is 37.3 Å². The van der Waals surface area contributed by atoms with Crippen molar-refractivity contribution in [3.63, 3.8) is 0 Å². The lowest BCUT2D eigenvalue weighted by Crippen LogP contribution is -2.19. The Kier molecular flexibility index (Phi) is 5.47. The van der Waals surface area contributed by atoms with E-state index in [2.05, 4.69) is 0 Å². The molecule has 0 fully saturated rings. The summed E-state index contributed by atoms with van der Waals surface area (Å²) in [7, 11) is 0. The zero-order chi connectivity index (χ0) is 16.0. The van der Waals surface area contributed by atoms with Gasteiger partial charge in [0.1, 0.15) is 11.5 Å². The molecule has 0 saturated heterocycles. The standard InChI is InChI=1S/C18H19F3O/c1-14(18(19,20)21)7-5-8-15-9-6-12-17(13-15)22-16-10-3-2-4-11-16/h2-4,6,9-14H,5,7-8H2,1H3. The predicted octanol–water partition coefficient (Wildman–Crippen LogP) is 6.00. The zero-order valence-corrected chi connectivity index (χ0v) is 12.4. The number of alkyl halides is 3. The molecule has 0 saturated carbocycles. The van der Waals surface area contributed by atoms with Gasteiger partial charge in [0.25, 0.3) is 0 Å². The van der Waals surface area contributed by atoms with E-state index in [1.807, 2.05) is 54.6 Å². The second kappa shape index (κ2) is 7.34. The predicted molar refractivity (Wildman–Crippen MR) is 81.1 cm³/mol. The van der Waals surface area contributed by atoms with Gasteiger partial charge in [0.05, 0.1) is 5.92 Å². The number of rotatable bonds is 6. The van der Waals surface area contributed by atoms with Gasteiger partial charge in [0.2, 0.25) is 0 Å². The Balaban J connectivity index is 1.89. The zero-order valence-electron chi connectivity index (χ0n) is 12.4. The first kappa shape index (κ1) is 16.4. The molecule has 0 heterocycles. The van der Waals surface area contributed by atoms with Gasteiger partial charge < -0.3 is 4.74 Å². The summed E-state index contributed by atoms with van der Waals surface area (Å²) in [4.78, 5) is 0. The van der Waals surface area contributed by atoms with E-state index in [4.69, 9.17) is 4.74 Å². The Morgan fingerprint density at radius 3 is 2.32 bits per heavy atom. The average Bonchev–Trinajstić information content (AvgIpc) is 2.47. The summed E-state index contributed by atoms with van der Waals surface area (Å²) in [5.74, 6) is 0.189. The van der Waals surface area contributed by atoms with Gasteiger partial charge in [-0.25, -0.2) is 0 Å². The van der Waals surface area contributed by atoms with Crippen LogP contribution in [0.5, 0.6) is 11.5 Å². The van der Waals surface area contributed by atoms with Gasteiger partial charge in [-0.2, -0.15) is 13.2 Å². The minimum absolute atomic E-state index is 0.146. The van der Waals surface area contributed by atoms with Crippen molar-refractivity contribution in [2.45, 2.75) is 32.4 Å². The molecule has 0 bridgehead atoms. The van der Waals surface area contributed by atoms with Crippen LogP contribution in [0.3, 0.4) is 0 Å². The van der Waals surface area contributed by atoms with Crippen molar-refractivity contribution in [1.82, 2.24) is 0 Å². The van der Waals surface area contributed by atoms with E-state index < -0.39 is 12.1 Å². The first-order valence-electron chi connectivity index (χ1n) is 7.34. The number of ether oxygens (including phenoxy) is 1. The Morgan fingerprint density at radius 1 is 0.955 bits per heavy atom. The minimum atomic E-state index is -4.10. The Labute approximate surface area is 128 Å². The van der Waals surface area contributed by atoms with Gasteiger partial charge in [-0.3, -0.25) is 0 Å². The van der Waals surface area contributed by atoms with Gasteiger partial charge in [-0.05, 0) is 49.1 Å². The molecule has 0 amide bonds. The van der Waals surface area contributed by atoms with Crippen molar-refractivity contribution < 1.29 is 17.9 Å². The molecular weight excluding hydrogens is 289 g/mol. The molecular formula is C18H19F3O. The van der Waals surface area contributed by atoms with Gasteiger partial charge in [0, 0.05) is 0 Å². The van der Waals surface area contributed by atoms with Crippen molar-refractivity contribution in [3.8, 4) is 11.5 Å². The van der Waals surface area contributed by atoms with Crippen LogP contribution in [0.4, 0.5) is 13.2 Å². The van der Waals surface area contributed by atoms with Gasteiger partial charge in [0.15, 0.2) is 0 Å². The Morgan fingerprint density at radius 2 is 1.64 bits per heavy atom. The molecule has 0 N–H and O–H groups in total. The molecule has 0 aromatic heterocycles. The summed E-state index contributed by atoms with van der Waals surface area (Å²) in [5.41, 5.74) is 0.989. The molecule has 2 aromatic rings. The van der Waals surface area contributed by atoms with Crippen LogP contribution in [0.1, 0.15) is 25.3 Å². The van der Waals surface area contributed by atoms with Gasteiger partial charge >= 0.3 is 6.18 Å². The molecule has 1 unspecified atom stereocenters. The maximum atomic E-state index is 12.5. The minimum Gasteiger partial charge on any atom is -0.457 e. The molecule has 1 nitrogen and oxygen atoms in total. The number of hydrogen-bond acceptors (Lipinski definition) is 1. The molecule has 0 aliphatic heterocycles. The van der Waals surface area contributed by atoms with Crippen molar-refractivity contribution in [3.05, 3.63) is 60.2 Å². The first-order chi connectivity index (χ1) is 10.4. The summed E-state index contributed by atoms with van der Waals surface area (Å²) in [6.07, 6.45) is -2.83. The summed E-state index contributed by atoms with van der Waals surface area (Å²) < 4.78 is 43.1. The number of halogens is 3. The van der Waals surface area contributed by atoms with Gasteiger partial charge in [-0.15, -0.1) is 0 Å². The van der Waals surface area contributed by atoms with Crippen molar-refractivity contribution >= 4 is 0 Å². The first-order valence-corrected chi connectivity index (χ1v) is 7.34. The summed E-state index contributed by atoms with van der Waals surface area (Å²) in [6.45, 7) is 1.23. The molecule has 0 aliphatic rings. The largest absolute Gasteiger partial charge is 0.457 e. The fraction of sp³-hybridized carbons (Fsp3) is 0.333. The van der Waals surface area contributed by atoms with Crippen molar-refractivity contribution in [2.75, 3.05) is 0 Å². The van der Waals surface area contributed by atoms with Crippen LogP contribution in [-0.4, -0.2) is 6.18 Å². The highest BCUT2D eigenvalue weighted by atomic mass is 19.4. The van der Waals surface area contributed by atoms with E-state index in [9.17, 15) is 13.2 Å². The van der Waals surface area contributed by atoms with E-state index >= 15 is 0 Å². The monoisotopic (exact) mass is 308 g/mol. The Hall–Kier alpha value is -1.97. The summed E-state index contributed by atoms with van der Waals surface area (Å²) in [6, 6.07) is 16.9. The highest BCUT2D eigenvalue weighted by molar-refractivity contribution is 5.33. The molecule has 4 heteroatoms. The van der Waals surface area contributed by atoms with Crippen LogP contribution in [-0.2, 0) is 6.42 Å². The highest BCUT2D eigenvalue weighted by Gasteiger charge is 2.34. The molecule has 0 radical (unpaired) electrons. The van der Waals surface area contributed by atoms with Crippen LogP contribution in [0.15, 0.2) is 54.6 Å². The van der Waals surface area contributed by atoms with Crippen molar-refractivity contribution in [1.29, 1.82) is 0 Å². The maximum absolute atomic E-state index is 12.5. The number of benzene rings is 2. The third kappa shape index (κ3) is 5.10. The molecule has 1 atom stereocenters. The number of hydrogen-bond donors (Lipinski definition) is 0. The molecule has 118 valence electrons. The topological polar surface area (TPSA) is 9.23 Å². The van der Waals surface area contributed by atoms with Crippen molar-refractivity contribution in [2.24, 2.45) is 5.92 Å². The average molecular weight is 308 g/mol. The quantitative estimate of drug-likeness (QED) is 0.636. The molecule has 2 aromatic carbocycles. The number of aryl methyl sites for hydroxylation is 1. The van der Waals surface area contributed by atoms with Crippen LogP contribution in [0.25, 0.3) is 0 Å². The van der Waals surface area contributed by atoms with E-state index in [1.54, 1.807) is 0 Å². The van der Waals surface area contributed by atoms with E-state index in [-0.39, 0.29) is 6.42 Å². The van der Waals surface area contributed by atoms with E-state index in [1.165, 1.54) is 6.92 Å². The molecule has 2 rings (SSSR count). The second-order valence-electron chi connectivity index (χ2n) is 5.40. The smallest absolute Gasteiger partial charge is 0.391 e. The fourth-order valence-corrected chi connectivity index (χ4v) is 2.17. The van der Waals surface area contributed by atoms with E-state index in [0.29, 0.717) is 18.6 Å². The molecule has 0 spiro atoms. The lowest BCUT2D eigenvalue weighted by molar-refractivity contribution is -0.171. The summed E-state index contributed by atoms with van der Waals surface area (Å²) >= 11 is 0. The lowest BCUT2D eigenvalue weighted by atomic mass is 10.0. The normalized spacial score (nSPS) is 12.9. The third-order valence-electron chi connectivity index (χ3n) is 3.54. The third-order valence-corrected chi connectivity index (χ3v) is 3.54. The maximum Gasteiger partial charge on any atom is 0.391 e. The van der Waals surface area contributed by atoms with E-state index in [0.717, 1.165) is 11.3 Å². The van der Waals surface area contributed by atoms with Crippen LogP contribution >= 0.6 is 0 Å². The summed E-state index contributed by atoms with van der Waals surface area (Å²) in [5, 5.41) is 0. The fourth-order valence-electron chi connectivity index (χ4n) is 2.17.